The Kier molecular flexibility index (Phi) is 8.90. The number of phenols is 1. The van der Waals surface area contributed by atoms with Crippen LogP contribution in [0.2, 0.25) is 0 Å². The smallest absolute Gasteiger partial charge is 0.319 e. The summed E-state index contributed by atoms with van der Waals surface area (Å²) in [5.41, 5.74) is 0.00223. The highest BCUT2D eigenvalue weighted by Gasteiger charge is 2.51. The van der Waals surface area contributed by atoms with Crippen LogP contribution in [0.3, 0.4) is 0 Å². The van der Waals surface area contributed by atoms with E-state index in [0.29, 0.717) is 55.5 Å². The van der Waals surface area contributed by atoms with Gasteiger partial charge in [-0.1, -0.05) is 25.3 Å². The standard InChI is InChI=1S/C40H44F2N6O4/c1-4-28-31(41)10-9-26-18-27(50)19-29(33(26)28)35-34(42)36-30(20-43-35)37(46-14-7-16-51-17-15-46)45-38(44-36)52-24-40-11-5-8-32(40)47(13-6-12-40)21-39(3)22-48(23-39)25(2)49/h1,9-10,18-20,32,50H,5-8,11-17,21-24H2,2-3H3. The number of fused-ring (bicyclic) bond motifs is 3. The van der Waals surface area contributed by atoms with Crippen molar-refractivity contribution in [1.82, 2.24) is 24.8 Å². The topological polar surface area (TPSA) is 104 Å². The van der Waals surface area contributed by atoms with Crippen LogP contribution in [0.15, 0.2) is 30.5 Å². The molecule has 3 saturated heterocycles. The molecule has 8 rings (SSSR count). The number of phenolic OH excluding ortho intramolecular Hbond substituents is 1. The van der Waals surface area contributed by atoms with Crippen molar-refractivity contribution in [3.63, 3.8) is 0 Å². The van der Waals surface area contributed by atoms with Gasteiger partial charge in [0.1, 0.15) is 28.6 Å². The third-order valence-electron chi connectivity index (χ3n) is 11.7. The summed E-state index contributed by atoms with van der Waals surface area (Å²) in [6.45, 7) is 10.1. The lowest BCUT2D eigenvalue weighted by atomic mass is 9.73. The molecule has 5 heterocycles. The number of amides is 1. The molecule has 10 nitrogen and oxygen atoms in total. The van der Waals surface area contributed by atoms with E-state index in [9.17, 15) is 14.3 Å². The van der Waals surface area contributed by atoms with Gasteiger partial charge in [0.05, 0.1) is 24.2 Å². The molecule has 12 heteroatoms. The van der Waals surface area contributed by atoms with Crippen LogP contribution < -0.4 is 9.64 Å². The Bertz CT molecular complexity index is 2090. The second-order valence-corrected chi connectivity index (χ2v) is 15.4. The zero-order chi connectivity index (χ0) is 36.2. The number of carbonyl (C=O) groups excluding carboxylic acids is 1. The summed E-state index contributed by atoms with van der Waals surface area (Å²) in [4.78, 5) is 32.6. The van der Waals surface area contributed by atoms with Crippen LogP contribution in [0.25, 0.3) is 32.9 Å². The van der Waals surface area contributed by atoms with Gasteiger partial charge in [-0.15, -0.1) is 6.42 Å². The van der Waals surface area contributed by atoms with Crippen LogP contribution in [0.4, 0.5) is 14.6 Å². The van der Waals surface area contributed by atoms with Crippen molar-refractivity contribution >= 4 is 33.4 Å². The lowest BCUT2D eigenvalue weighted by Gasteiger charge is -2.54. The number of nitrogens with zero attached hydrogens (tertiary/aromatic N) is 6. The monoisotopic (exact) mass is 710 g/mol. The van der Waals surface area contributed by atoms with E-state index in [1.165, 1.54) is 30.5 Å². The number of carbonyl (C=O) groups is 1. The fourth-order valence-corrected chi connectivity index (χ4v) is 9.32. The van der Waals surface area contributed by atoms with Gasteiger partial charge in [-0.2, -0.15) is 9.97 Å². The molecule has 2 aromatic carbocycles. The van der Waals surface area contributed by atoms with Crippen molar-refractivity contribution in [1.29, 1.82) is 0 Å². The Morgan fingerprint density at radius 3 is 2.75 bits per heavy atom. The van der Waals surface area contributed by atoms with Gasteiger partial charge in [-0.3, -0.25) is 14.7 Å². The molecule has 4 aliphatic rings. The molecular formula is C40H44F2N6O4. The van der Waals surface area contributed by atoms with Crippen LogP contribution in [0.1, 0.15) is 57.9 Å². The van der Waals surface area contributed by atoms with Gasteiger partial charge in [-0.25, -0.2) is 8.78 Å². The van der Waals surface area contributed by atoms with Gasteiger partial charge in [0.2, 0.25) is 5.91 Å². The minimum absolute atomic E-state index is 0.0176. The van der Waals surface area contributed by atoms with Gasteiger partial charge < -0.3 is 24.4 Å². The number of benzene rings is 2. The molecule has 2 atom stereocenters. The first-order valence-electron chi connectivity index (χ1n) is 18.3. The van der Waals surface area contributed by atoms with Crippen molar-refractivity contribution in [3.05, 3.63) is 47.7 Å². The van der Waals surface area contributed by atoms with E-state index in [1.54, 1.807) is 6.92 Å². The summed E-state index contributed by atoms with van der Waals surface area (Å²) < 4.78 is 44.2. The maximum absolute atomic E-state index is 17.0. The molecular weight excluding hydrogens is 666 g/mol. The third kappa shape index (κ3) is 6.07. The van der Waals surface area contributed by atoms with E-state index in [-0.39, 0.29) is 56.2 Å². The number of terminal acetylenes is 1. The Balaban J connectivity index is 1.16. The maximum Gasteiger partial charge on any atom is 0.319 e. The SMILES string of the molecule is C#Cc1c(F)ccc2cc(O)cc(-c3ncc4c(N5CCCOCC5)nc(OCC56CCCC5N(CC5(C)CN(C(C)=O)C5)CCC6)nc4c3F)c12. The van der Waals surface area contributed by atoms with Crippen LogP contribution in [0, 0.1) is 34.8 Å². The number of halogens is 2. The van der Waals surface area contributed by atoms with E-state index in [0.717, 1.165) is 64.7 Å². The van der Waals surface area contributed by atoms with Crippen LogP contribution in [-0.2, 0) is 9.53 Å². The second kappa shape index (κ2) is 13.4. The minimum atomic E-state index is -0.745. The summed E-state index contributed by atoms with van der Waals surface area (Å²) in [5, 5.41) is 11.8. The average molecular weight is 711 g/mol. The number of hydrogen-bond acceptors (Lipinski definition) is 9. The fourth-order valence-electron chi connectivity index (χ4n) is 9.32. The Labute approximate surface area is 302 Å². The normalized spacial score (nSPS) is 23.2. The summed E-state index contributed by atoms with van der Waals surface area (Å²) >= 11 is 0. The summed E-state index contributed by atoms with van der Waals surface area (Å²) in [7, 11) is 0. The first-order valence-corrected chi connectivity index (χ1v) is 18.3. The van der Waals surface area contributed by atoms with Crippen molar-refractivity contribution in [2.24, 2.45) is 10.8 Å². The zero-order valence-electron chi connectivity index (χ0n) is 29.8. The summed E-state index contributed by atoms with van der Waals surface area (Å²) in [6, 6.07) is 5.96. The van der Waals surface area contributed by atoms with Gasteiger partial charge in [-0.05, 0) is 62.2 Å². The van der Waals surface area contributed by atoms with Gasteiger partial charge in [0.25, 0.3) is 0 Å². The van der Waals surface area contributed by atoms with E-state index < -0.39 is 11.6 Å². The third-order valence-corrected chi connectivity index (χ3v) is 11.7. The van der Waals surface area contributed by atoms with E-state index in [4.69, 9.17) is 20.9 Å². The van der Waals surface area contributed by atoms with E-state index >= 15 is 4.39 Å². The highest BCUT2D eigenvalue weighted by atomic mass is 19.1. The number of aromatic hydroxyl groups is 1. The molecule has 4 aromatic rings. The fraction of sp³-hybridized carbons (Fsp3) is 0.500. The molecule has 0 radical (unpaired) electrons. The highest BCUT2D eigenvalue weighted by molar-refractivity contribution is 6.03. The number of anilines is 1. The molecule has 1 amide bonds. The maximum atomic E-state index is 17.0. The summed E-state index contributed by atoms with van der Waals surface area (Å²) in [5.74, 6) is 1.53. The largest absolute Gasteiger partial charge is 0.508 e. The predicted octanol–water partition coefficient (Wildman–Crippen LogP) is 5.92. The van der Waals surface area contributed by atoms with Gasteiger partial charge >= 0.3 is 6.01 Å². The quantitative estimate of drug-likeness (QED) is 0.234. The molecule has 272 valence electrons. The molecule has 1 aliphatic carbocycles. The van der Waals surface area contributed by atoms with Crippen molar-refractivity contribution in [2.75, 3.05) is 64.0 Å². The molecule has 2 aromatic heterocycles. The lowest BCUT2D eigenvalue weighted by molar-refractivity contribution is -0.142. The van der Waals surface area contributed by atoms with Crippen molar-refractivity contribution < 1.29 is 28.2 Å². The Morgan fingerprint density at radius 1 is 1.12 bits per heavy atom. The minimum Gasteiger partial charge on any atom is -0.508 e. The van der Waals surface area contributed by atoms with Crippen molar-refractivity contribution in [3.8, 4) is 35.4 Å². The number of ether oxygens (including phenoxy) is 2. The Hall–Kier alpha value is -4.60. The number of likely N-dealkylation sites (tertiary alicyclic amines) is 2. The molecule has 52 heavy (non-hydrogen) atoms. The molecule has 2 unspecified atom stereocenters. The molecule has 1 saturated carbocycles. The van der Waals surface area contributed by atoms with Crippen LogP contribution in [-0.4, -0.2) is 101 Å². The first kappa shape index (κ1) is 34.5. The number of hydrogen-bond donors (Lipinski definition) is 1. The Morgan fingerprint density at radius 2 is 1.94 bits per heavy atom. The molecule has 0 spiro atoms. The van der Waals surface area contributed by atoms with Crippen LogP contribution in [0.5, 0.6) is 11.8 Å². The molecule has 0 bridgehead atoms. The molecule has 3 aliphatic heterocycles. The summed E-state index contributed by atoms with van der Waals surface area (Å²) in [6.07, 6.45) is 13.3. The lowest BCUT2D eigenvalue weighted by Crippen LogP contribution is -2.63. The first-order chi connectivity index (χ1) is 25.1. The number of rotatable bonds is 7. The number of pyridine rings is 1. The van der Waals surface area contributed by atoms with E-state index in [1.807, 2.05) is 4.90 Å². The molecule has 4 fully saturated rings. The van der Waals surface area contributed by atoms with Gasteiger partial charge in [0.15, 0.2) is 5.82 Å². The van der Waals surface area contributed by atoms with Gasteiger partial charge in [0, 0.05) is 80.3 Å². The van der Waals surface area contributed by atoms with E-state index in [2.05, 4.69) is 32.6 Å². The number of piperidine rings is 1. The predicted molar refractivity (Wildman–Crippen MR) is 194 cm³/mol. The number of aromatic nitrogens is 3. The molecule has 1 N–H and O–H groups in total. The average Bonchev–Trinajstić information content (AvgIpc) is 3.37. The van der Waals surface area contributed by atoms with Crippen molar-refractivity contribution in [2.45, 2.75) is 58.4 Å². The second-order valence-electron chi connectivity index (χ2n) is 15.4. The highest BCUT2D eigenvalue weighted by Crippen LogP contribution is 2.49. The van der Waals surface area contributed by atoms with Crippen LogP contribution >= 0.6 is 0 Å². The zero-order valence-corrected chi connectivity index (χ0v) is 29.8.